The molecule has 0 aliphatic heterocycles. The number of fused-ring (bicyclic) bond motifs is 1. The molecule has 2 aromatic heterocycles. The summed E-state index contributed by atoms with van der Waals surface area (Å²) in [7, 11) is 0. The van der Waals surface area contributed by atoms with Gasteiger partial charge in [-0.2, -0.15) is 10.1 Å². The number of phenols is 2. The average Bonchev–Trinajstić information content (AvgIpc) is 3.29. The predicted molar refractivity (Wildman–Crippen MR) is 120 cm³/mol. The highest BCUT2D eigenvalue weighted by Crippen LogP contribution is 2.34. The molecule has 11 nitrogen and oxygen atoms in total. The van der Waals surface area contributed by atoms with Gasteiger partial charge in [0.05, 0.1) is 10.9 Å². The van der Waals surface area contributed by atoms with Crippen molar-refractivity contribution < 1.29 is 19.5 Å². The Balaban J connectivity index is 1.20. The highest BCUT2D eigenvalue weighted by molar-refractivity contribution is 5.90. The number of aromatic hydroxyl groups is 2. The molecule has 0 aliphatic rings. The smallest absolute Gasteiger partial charge is 0.272 e. The summed E-state index contributed by atoms with van der Waals surface area (Å²) in [5.41, 5.74) is 0.00205. The zero-order valence-corrected chi connectivity index (χ0v) is 17.5. The maximum Gasteiger partial charge on any atom is 0.272 e. The lowest BCUT2D eigenvalue weighted by atomic mass is 10.2. The van der Waals surface area contributed by atoms with Gasteiger partial charge in [-0.3, -0.25) is 9.59 Å². The van der Waals surface area contributed by atoms with E-state index in [9.17, 15) is 19.8 Å². The average molecular weight is 450 g/mol. The van der Waals surface area contributed by atoms with Crippen molar-refractivity contribution in [3.63, 3.8) is 0 Å². The van der Waals surface area contributed by atoms with Gasteiger partial charge in [-0.05, 0) is 24.6 Å². The van der Waals surface area contributed by atoms with Crippen molar-refractivity contribution in [2.75, 3.05) is 18.4 Å². The van der Waals surface area contributed by atoms with Crippen LogP contribution in [0.2, 0.25) is 0 Å². The molecule has 2 aromatic carbocycles. The topological polar surface area (TPSA) is 166 Å². The third-order valence-corrected chi connectivity index (χ3v) is 4.95. The van der Waals surface area contributed by atoms with Crippen molar-refractivity contribution in [2.45, 2.75) is 19.3 Å². The fourth-order valence-electron chi connectivity index (χ4n) is 3.26. The van der Waals surface area contributed by atoms with Gasteiger partial charge >= 0.3 is 0 Å². The van der Waals surface area contributed by atoms with Crippen molar-refractivity contribution in [1.29, 1.82) is 0 Å². The summed E-state index contributed by atoms with van der Waals surface area (Å²) in [5, 5.41) is 37.1. The summed E-state index contributed by atoms with van der Waals surface area (Å²) < 4.78 is 5.12. The van der Waals surface area contributed by atoms with Crippen LogP contribution in [-0.2, 0) is 11.2 Å². The molecule has 0 radical (unpaired) electrons. The molecule has 5 N–H and O–H groups in total. The monoisotopic (exact) mass is 450 g/mol. The van der Waals surface area contributed by atoms with Crippen LogP contribution in [0.5, 0.6) is 11.5 Å². The van der Waals surface area contributed by atoms with Gasteiger partial charge in [0.25, 0.3) is 5.56 Å². The van der Waals surface area contributed by atoms with Crippen LogP contribution in [0.4, 0.5) is 5.82 Å². The normalized spacial score (nSPS) is 10.9. The molecule has 0 spiro atoms. The molecule has 11 heteroatoms. The Labute approximate surface area is 187 Å². The number of para-hydroxylation sites is 1. The Morgan fingerprint density at radius 1 is 1.06 bits per heavy atom. The first-order valence-corrected chi connectivity index (χ1v) is 10.3. The number of rotatable bonds is 9. The molecule has 4 rings (SSSR count). The number of hydrogen-bond acceptors (Lipinski definition) is 9. The molecular weight excluding hydrogens is 428 g/mol. The fraction of sp³-hybridized carbons (Fsp3) is 0.227. The SMILES string of the molecule is O=C(CCc1nc(-c2cccc(O)c2O)no1)NCCCNc1n[nH]c(=O)c2ccccc12. The van der Waals surface area contributed by atoms with Gasteiger partial charge in [0.15, 0.2) is 17.3 Å². The molecule has 0 bridgehead atoms. The van der Waals surface area contributed by atoms with Crippen LogP contribution in [0.15, 0.2) is 51.8 Å². The largest absolute Gasteiger partial charge is 0.504 e. The van der Waals surface area contributed by atoms with Crippen LogP contribution in [0, 0.1) is 0 Å². The number of nitrogens with one attached hydrogen (secondary N) is 3. The molecule has 33 heavy (non-hydrogen) atoms. The second kappa shape index (κ2) is 9.81. The van der Waals surface area contributed by atoms with E-state index >= 15 is 0 Å². The number of carbonyl (C=O) groups excluding carboxylic acids is 1. The summed E-state index contributed by atoms with van der Waals surface area (Å²) in [6.07, 6.45) is 1.06. The Morgan fingerprint density at radius 3 is 2.73 bits per heavy atom. The minimum absolute atomic E-state index is 0.133. The van der Waals surface area contributed by atoms with Crippen molar-refractivity contribution in [2.24, 2.45) is 0 Å². The maximum absolute atomic E-state index is 12.1. The van der Waals surface area contributed by atoms with Gasteiger partial charge in [-0.25, -0.2) is 5.10 Å². The molecule has 0 saturated heterocycles. The molecule has 0 atom stereocenters. The van der Waals surface area contributed by atoms with E-state index in [1.165, 1.54) is 6.07 Å². The van der Waals surface area contributed by atoms with E-state index in [4.69, 9.17) is 4.52 Å². The predicted octanol–water partition coefficient (Wildman–Crippen LogP) is 1.94. The van der Waals surface area contributed by atoms with E-state index < -0.39 is 0 Å². The van der Waals surface area contributed by atoms with Crippen molar-refractivity contribution in [3.05, 3.63) is 58.7 Å². The second-order valence-electron chi connectivity index (χ2n) is 7.26. The van der Waals surface area contributed by atoms with Crippen LogP contribution < -0.4 is 16.2 Å². The van der Waals surface area contributed by atoms with Crippen molar-refractivity contribution >= 4 is 22.5 Å². The first-order chi connectivity index (χ1) is 16.0. The number of hydrogen-bond donors (Lipinski definition) is 5. The molecule has 2 heterocycles. The quantitative estimate of drug-likeness (QED) is 0.189. The molecule has 0 fully saturated rings. The van der Waals surface area contributed by atoms with Gasteiger partial charge in [0.1, 0.15) is 0 Å². The number of amides is 1. The Hall–Kier alpha value is -4.41. The Morgan fingerprint density at radius 2 is 1.88 bits per heavy atom. The summed E-state index contributed by atoms with van der Waals surface area (Å²) >= 11 is 0. The van der Waals surface area contributed by atoms with Gasteiger partial charge < -0.3 is 25.4 Å². The van der Waals surface area contributed by atoms with Crippen LogP contribution >= 0.6 is 0 Å². The van der Waals surface area contributed by atoms with Crippen molar-refractivity contribution in [3.8, 4) is 22.9 Å². The van der Waals surface area contributed by atoms with Crippen LogP contribution in [0.3, 0.4) is 0 Å². The number of carbonyl (C=O) groups is 1. The highest BCUT2D eigenvalue weighted by Gasteiger charge is 2.15. The third kappa shape index (κ3) is 5.09. The molecular formula is C22H22N6O5. The first-order valence-electron chi connectivity index (χ1n) is 10.3. The van der Waals surface area contributed by atoms with Crippen LogP contribution in [-0.4, -0.2) is 49.5 Å². The Kier molecular flexibility index (Phi) is 6.48. The highest BCUT2D eigenvalue weighted by atomic mass is 16.5. The minimum atomic E-state index is -0.332. The van der Waals surface area contributed by atoms with E-state index in [1.807, 2.05) is 12.1 Å². The van der Waals surface area contributed by atoms with Gasteiger partial charge in [-0.1, -0.05) is 29.4 Å². The molecule has 170 valence electrons. The summed E-state index contributed by atoms with van der Waals surface area (Å²) in [4.78, 5) is 28.1. The summed E-state index contributed by atoms with van der Waals surface area (Å²) in [6, 6.07) is 11.6. The first kappa shape index (κ1) is 21.8. The molecule has 0 aliphatic carbocycles. The number of benzene rings is 2. The zero-order chi connectivity index (χ0) is 23.2. The molecule has 1 amide bonds. The molecule has 4 aromatic rings. The van der Waals surface area contributed by atoms with E-state index in [0.717, 1.165) is 5.39 Å². The third-order valence-electron chi connectivity index (χ3n) is 4.95. The van der Waals surface area contributed by atoms with E-state index in [0.29, 0.717) is 30.7 Å². The van der Waals surface area contributed by atoms with E-state index in [2.05, 4.69) is 31.0 Å². The number of nitrogens with zero attached hydrogens (tertiary/aromatic N) is 3. The number of aryl methyl sites for hydroxylation is 1. The fourth-order valence-corrected chi connectivity index (χ4v) is 3.26. The number of anilines is 1. The van der Waals surface area contributed by atoms with Gasteiger partial charge in [0.2, 0.25) is 17.6 Å². The number of aromatic amines is 1. The number of aromatic nitrogens is 4. The standard InChI is InChI=1S/C22H22N6O5/c29-16-8-3-7-15(19(16)31)21-25-18(33-28-21)10-9-17(30)23-11-4-12-24-20-13-5-1-2-6-14(13)22(32)27-26-20/h1-3,5-8,29,31H,4,9-12H2,(H,23,30)(H,24,26)(H,27,32). The number of H-pyrrole nitrogens is 1. The van der Waals surface area contributed by atoms with Crippen LogP contribution in [0.1, 0.15) is 18.7 Å². The van der Waals surface area contributed by atoms with Crippen molar-refractivity contribution in [1.82, 2.24) is 25.7 Å². The lowest BCUT2D eigenvalue weighted by Crippen LogP contribution is -2.26. The molecule has 0 saturated carbocycles. The zero-order valence-electron chi connectivity index (χ0n) is 17.5. The minimum Gasteiger partial charge on any atom is -0.504 e. The lowest BCUT2D eigenvalue weighted by molar-refractivity contribution is -0.121. The van der Waals surface area contributed by atoms with Gasteiger partial charge in [-0.15, -0.1) is 0 Å². The summed E-state index contributed by atoms with van der Waals surface area (Å²) in [6.45, 7) is 1.02. The number of phenolic OH excluding ortho intramolecular Hbond substituents is 2. The Bertz CT molecular complexity index is 1330. The van der Waals surface area contributed by atoms with Crippen LogP contribution in [0.25, 0.3) is 22.2 Å². The van der Waals surface area contributed by atoms with Gasteiger partial charge in [0, 0.05) is 31.3 Å². The summed E-state index contributed by atoms with van der Waals surface area (Å²) in [5.74, 6) is 0.191. The van der Waals surface area contributed by atoms with E-state index in [-0.39, 0.29) is 53.1 Å². The van der Waals surface area contributed by atoms with E-state index in [1.54, 1.807) is 24.3 Å². The lowest BCUT2D eigenvalue weighted by Gasteiger charge is -2.08. The maximum atomic E-state index is 12.1. The molecule has 0 unspecified atom stereocenters. The second-order valence-corrected chi connectivity index (χ2v) is 7.26.